The lowest BCUT2D eigenvalue weighted by atomic mass is 9.70. The van der Waals surface area contributed by atoms with Gasteiger partial charge >= 0.3 is 0 Å². The molecule has 2 aliphatic carbocycles. The molecule has 1 spiro atoms. The molecule has 1 aromatic heterocycles. The Morgan fingerprint density at radius 2 is 1.04 bits per heavy atom. The monoisotopic (exact) mass is 665 g/mol. The zero-order valence-corrected chi connectivity index (χ0v) is 28.6. The standard InChI is InChI=1S/C49H31NS/c1-2-17-35(18-3-1)50(37-29-28-32-14-4-5-15-33(32)30-37)36-19-12-16-34(31-36)38-23-13-26-44-46(38)39-20-6-9-24-42(39)49(44)43-25-10-7-21-40(43)48-47(49)41-22-8-11-27-45(41)51-48/h1-31H/t49-/m1/s1. The maximum absolute atomic E-state index is 2.40. The van der Waals surface area contributed by atoms with Crippen molar-refractivity contribution in [3.05, 3.63) is 210 Å². The highest BCUT2D eigenvalue weighted by Crippen LogP contribution is 2.66. The first-order valence-corrected chi connectivity index (χ1v) is 18.4. The van der Waals surface area contributed by atoms with Crippen LogP contribution in [0.25, 0.3) is 53.6 Å². The minimum Gasteiger partial charge on any atom is -0.310 e. The number of nitrogens with zero attached hydrogens (tertiary/aromatic N) is 1. The topological polar surface area (TPSA) is 3.24 Å². The Kier molecular flexibility index (Phi) is 6.11. The Labute approximate surface area is 301 Å². The van der Waals surface area contributed by atoms with E-state index in [2.05, 4.69) is 193 Å². The van der Waals surface area contributed by atoms with Gasteiger partial charge in [-0.2, -0.15) is 0 Å². The summed E-state index contributed by atoms with van der Waals surface area (Å²) in [5.41, 5.74) is 15.1. The Morgan fingerprint density at radius 1 is 0.412 bits per heavy atom. The Morgan fingerprint density at radius 3 is 1.92 bits per heavy atom. The SMILES string of the molecule is c1ccc(N(c2cccc(-c3cccc4c3-c3ccccc3[C@@]43c4ccccc4-c4sc5ccccc5c43)c2)c2ccc3ccccc3c2)cc1. The molecule has 0 saturated carbocycles. The first-order chi connectivity index (χ1) is 25.3. The van der Waals surface area contributed by atoms with E-state index in [4.69, 9.17) is 0 Å². The smallest absolute Gasteiger partial charge is 0.0740 e. The average Bonchev–Trinajstić information content (AvgIpc) is 3.82. The van der Waals surface area contributed by atoms with Gasteiger partial charge in [0, 0.05) is 26.6 Å². The van der Waals surface area contributed by atoms with E-state index >= 15 is 0 Å². The van der Waals surface area contributed by atoms with Gasteiger partial charge in [-0.15, -0.1) is 11.3 Å². The van der Waals surface area contributed by atoms with Crippen LogP contribution < -0.4 is 4.90 Å². The summed E-state index contributed by atoms with van der Waals surface area (Å²) in [6, 6.07) is 69.5. The van der Waals surface area contributed by atoms with Crippen molar-refractivity contribution in [1.29, 1.82) is 0 Å². The van der Waals surface area contributed by atoms with E-state index in [0.717, 1.165) is 17.1 Å². The molecular formula is C49H31NS. The van der Waals surface area contributed by atoms with Crippen LogP contribution in [0.2, 0.25) is 0 Å². The first-order valence-electron chi connectivity index (χ1n) is 17.6. The van der Waals surface area contributed by atoms with Gasteiger partial charge in [0.25, 0.3) is 0 Å². The summed E-state index contributed by atoms with van der Waals surface area (Å²) >= 11 is 1.94. The third-order valence-electron chi connectivity index (χ3n) is 11.0. The van der Waals surface area contributed by atoms with Crippen LogP contribution in [0.1, 0.15) is 22.3 Å². The fourth-order valence-electron chi connectivity index (χ4n) is 9.03. The molecule has 0 saturated heterocycles. The molecule has 9 aromatic rings. The lowest BCUT2D eigenvalue weighted by Crippen LogP contribution is -2.25. The summed E-state index contributed by atoms with van der Waals surface area (Å²) in [6.07, 6.45) is 0. The zero-order chi connectivity index (χ0) is 33.5. The van der Waals surface area contributed by atoms with E-state index in [1.165, 1.54) is 75.8 Å². The molecule has 1 heterocycles. The highest BCUT2D eigenvalue weighted by molar-refractivity contribution is 7.22. The summed E-state index contributed by atoms with van der Waals surface area (Å²) < 4.78 is 1.35. The summed E-state index contributed by atoms with van der Waals surface area (Å²) in [5, 5.41) is 3.83. The number of hydrogen-bond acceptors (Lipinski definition) is 2. The molecule has 0 N–H and O–H groups in total. The molecule has 0 fully saturated rings. The first kappa shape index (κ1) is 28.6. The molecule has 0 amide bonds. The van der Waals surface area contributed by atoms with Crippen molar-refractivity contribution in [3.8, 4) is 32.7 Å². The van der Waals surface area contributed by atoms with Crippen LogP contribution in [0.5, 0.6) is 0 Å². The van der Waals surface area contributed by atoms with Gasteiger partial charge in [-0.05, 0) is 109 Å². The van der Waals surface area contributed by atoms with Crippen molar-refractivity contribution in [2.75, 3.05) is 4.90 Å². The third-order valence-corrected chi connectivity index (χ3v) is 12.2. The van der Waals surface area contributed by atoms with Gasteiger partial charge in [0.05, 0.1) is 5.41 Å². The van der Waals surface area contributed by atoms with Gasteiger partial charge in [0.15, 0.2) is 0 Å². The molecular weight excluding hydrogens is 635 g/mol. The van der Waals surface area contributed by atoms with Crippen molar-refractivity contribution in [1.82, 2.24) is 0 Å². The van der Waals surface area contributed by atoms with E-state index in [0.29, 0.717) is 0 Å². The molecule has 0 radical (unpaired) electrons. The van der Waals surface area contributed by atoms with Crippen molar-refractivity contribution in [3.63, 3.8) is 0 Å². The molecule has 2 heteroatoms. The van der Waals surface area contributed by atoms with Crippen LogP contribution in [0.3, 0.4) is 0 Å². The maximum atomic E-state index is 2.40. The van der Waals surface area contributed by atoms with E-state index in [1.807, 2.05) is 11.3 Å². The minimum atomic E-state index is -0.383. The van der Waals surface area contributed by atoms with Gasteiger partial charge in [-0.25, -0.2) is 0 Å². The summed E-state index contributed by atoms with van der Waals surface area (Å²) in [6.45, 7) is 0. The lowest BCUT2D eigenvalue weighted by Gasteiger charge is -2.30. The van der Waals surface area contributed by atoms with Crippen LogP contribution in [-0.2, 0) is 5.41 Å². The van der Waals surface area contributed by atoms with Crippen molar-refractivity contribution < 1.29 is 0 Å². The number of thiophene rings is 1. The number of fused-ring (bicyclic) bond motifs is 13. The van der Waals surface area contributed by atoms with Gasteiger partial charge in [-0.1, -0.05) is 146 Å². The van der Waals surface area contributed by atoms with Crippen LogP contribution in [0.15, 0.2) is 188 Å². The van der Waals surface area contributed by atoms with Gasteiger partial charge in [-0.3, -0.25) is 0 Å². The Balaban J connectivity index is 1.16. The van der Waals surface area contributed by atoms with E-state index in [-0.39, 0.29) is 5.41 Å². The highest BCUT2D eigenvalue weighted by Gasteiger charge is 2.53. The number of anilines is 3. The molecule has 1 atom stereocenters. The predicted molar refractivity (Wildman–Crippen MR) is 216 cm³/mol. The Hall–Kier alpha value is -6.22. The Bertz CT molecular complexity index is 2830. The summed E-state index contributed by atoms with van der Waals surface area (Å²) in [5.74, 6) is 0. The van der Waals surface area contributed by atoms with Crippen LogP contribution >= 0.6 is 11.3 Å². The predicted octanol–water partition coefficient (Wildman–Crippen LogP) is 13.5. The number of hydrogen-bond donors (Lipinski definition) is 0. The third kappa shape index (κ3) is 3.97. The molecule has 2 aliphatic rings. The van der Waals surface area contributed by atoms with Crippen LogP contribution in [0, 0.1) is 0 Å². The maximum Gasteiger partial charge on any atom is 0.0740 e. The molecule has 1 nitrogen and oxygen atoms in total. The molecule has 0 bridgehead atoms. The quantitative estimate of drug-likeness (QED) is 0.181. The second-order valence-electron chi connectivity index (χ2n) is 13.6. The lowest BCUT2D eigenvalue weighted by molar-refractivity contribution is 0.803. The van der Waals surface area contributed by atoms with E-state index in [9.17, 15) is 0 Å². The van der Waals surface area contributed by atoms with Gasteiger partial charge < -0.3 is 4.90 Å². The minimum absolute atomic E-state index is 0.383. The zero-order valence-electron chi connectivity index (χ0n) is 27.8. The second-order valence-corrected chi connectivity index (χ2v) is 14.7. The van der Waals surface area contributed by atoms with Crippen molar-refractivity contribution in [2.45, 2.75) is 5.41 Å². The van der Waals surface area contributed by atoms with Crippen LogP contribution in [0.4, 0.5) is 17.1 Å². The van der Waals surface area contributed by atoms with Gasteiger partial charge in [0.2, 0.25) is 0 Å². The molecule has 11 rings (SSSR count). The summed E-state index contributed by atoms with van der Waals surface area (Å²) in [7, 11) is 0. The molecule has 8 aromatic carbocycles. The molecule has 0 aliphatic heterocycles. The van der Waals surface area contributed by atoms with Crippen molar-refractivity contribution in [2.24, 2.45) is 0 Å². The number of para-hydroxylation sites is 1. The van der Waals surface area contributed by atoms with Gasteiger partial charge in [0.1, 0.15) is 0 Å². The largest absolute Gasteiger partial charge is 0.310 e. The molecule has 51 heavy (non-hydrogen) atoms. The fraction of sp³-hybridized carbons (Fsp3) is 0.0204. The van der Waals surface area contributed by atoms with E-state index in [1.54, 1.807) is 0 Å². The number of benzene rings is 8. The van der Waals surface area contributed by atoms with E-state index < -0.39 is 0 Å². The fourth-order valence-corrected chi connectivity index (χ4v) is 10.3. The summed E-state index contributed by atoms with van der Waals surface area (Å²) in [4.78, 5) is 3.78. The average molecular weight is 666 g/mol. The van der Waals surface area contributed by atoms with Crippen LogP contribution in [-0.4, -0.2) is 0 Å². The highest BCUT2D eigenvalue weighted by atomic mass is 32.1. The second kappa shape index (κ2) is 10.9. The normalized spacial score (nSPS) is 15.1. The molecule has 238 valence electrons. The molecule has 0 unspecified atom stereocenters. The number of rotatable bonds is 4. The van der Waals surface area contributed by atoms with Crippen molar-refractivity contribution >= 4 is 49.3 Å².